The first-order chi connectivity index (χ1) is 5.72. The van der Waals surface area contributed by atoms with E-state index in [1.54, 1.807) is 6.26 Å². The Kier molecular flexibility index (Phi) is 7.00. The molecule has 0 bridgehead atoms. The largest absolute Gasteiger partial charge is 0.410 e. The van der Waals surface area contributed by atoms with Crippen LogP contribution in [0.3, 0.4) is 0 Å². The number of nitriles is 1. The molecule has 3 nitrogen and oxygen atoms in total. The van der Waals surface area contributed by atoms with Crippen molar-refractivity contribution in [2.24, 2.45) is 0 Å². The van der Waals surface area contributed by atoms with Crippen LogP contribution in [0.1, 0.15) is 12.8 Å². The molecule has 0 aliphatic carbocycles. The summed E-state index contributed by atoms with van der Waals surface area (Å²) in [7, 11) is 2.35. The monoisotopic (exact) mass is 208 g/mol. The van der Waals surface area contributed by atoms with Crippen LogP contribution in [0.5, 0.6) is 0 Å². The second-order valence-corrected chi connectivity index (χ2v) is 4.23. The van der Waals surface area contributed by atoms with Gasteiger partial charge in [0.2, 0.25) is 0 Å². The molecule has 0 heterocycles. The normalized spacial score (nSPS) is 9.08. The quantitative estimate of drug-likeness (QED) is 0.229. The average molecular weight is 208 g/mol. The Balaban J connectivity index is 3.65. The van der Waals surface area contributed by atoms with Gasteiger partial charge in [0.05, 0.1) is 6.07 Å². The molecular formula is C6H9FN2OS2. The zero-order chi connectivity index (χ0) is 9.40. The van der Waals surface area contributed by atoms with Gasteiger partial charge in [-0.25, -0.2) is 9.10 Å². The highest BCUT2D eigenvalue weighted by atomic mass is 33.1. The number of amides is 1. The van der Waals surface area contributed by atoms with Crippen molar-refractivity contribution in [3.8, 4) is 6.07 Å². The van der Waals surface area contributed by atoms with Crippen molar-refractivity contribution < 1.29 is 9.18 Å². The predicted octanol–water partition coefficient (Wildman–Crippen LogP) is 2.61. The van der Waals surface area contributed by atoms with E-state index in [1.165, 1.54) is 10.8 Å². The van der Waals surface area contributed by atoms with Gasteiger partial charge in [-0.3, -0.25) is 0 Å². The summed E-state index contributed by atoms with van der Waals surface area (Å²) in [4.78, 5) is 10.3. The molecule has 6 heteroatoms. The van der Waals surface area contributed by atoms with Gasteiger partial charge in [-0.05, 0) is 12.7 Å². The second-order valence-electron chi connectivity index (χ2n) is 1.86. The lowest BCUT2D eigenvalue weighted by Gasteiger charge is -2.13. The maximum Gasteiger partial charge on any atom is 0.410 e. The average Bonchev–Trinajstić information content (AvgIpc) is 2.03. The lowest BCUT2D eigenvalue weighted by molar-refractivity contribution is 0.204. The van der Waals surface area contributed by atoms with E-state index in [-0.39, 0.29) is 6.54 Å². The van der Waals surface area contributed by atoms with E-state index < -0.39 is 6.16 Å². The Bertz CT molecular complexity index is 183. The number of carbonyl (C=O) groups is 1. The minimum atomic E-state index is -1.45. The molecule has 0 fully saturated rings. The van der Waals surface area contributed by atoms with Crippen LogP contribution in [-0.2, 0) is 0 Å². The van der Waals surface area contributed by atoms with Crippen LogP contribution in [0, 0.1) is 11.3 Å². The van der Waals surface area contributed by atoms with Crippen molar-refractivity contribution in [2.45, 2.75) is 12.8 Å². The topological polar surface area (TPSA) is 44.1 Å². The van der Waals surface area contributed by atoms with Crippen molar-refractivity contribution in [3.63, 3.8) is 0 Å². The molecule has 0 radical (unpaired) electrons. The third-order valence-corrected chi connectivity index (χ3v) is 2.65. The van der Waals surface area contributed by atoms with Gasteiger partial charge in [0, 0.05) is 23.9 Å². The zero-order valence-corrected chi connectivity index (χ0v) is 8.25. The van der Waals surface area contributed by atoms with E-state index in [2.05, 4.69) is 0 Å². The molecule has 0 saturated heterocycles. The first kappa shape index (κ1) is 11.6. The molecule has 0 aromatic rings. The van der Waals surface area contributed by atoms with Gasteiger partial charge in [-0.15, -0.1) is 4.39 Å². The van der Waals surface area contributed by atoms with E-state index in [0.29, 0.717) is 12.8 Å². The van der Waals surface area contributed by atoms with Gasteiger partial charge in [0.25, 0.3) is 0 Å². The van der Waals surface area contributed by atoms with Gasteiger partial charge in [0.15, 0.2) is 0 Å². The Hall–Kier alpha value is -0.410. The summed E-state index contributed by atoms with van der Waals surface area (Å²) in [6, 6.07) is 1.93. The summed E-state index contributed by atoms with van der Waals surface area (Å²) in [5.74, 6) is 0. The summed E-state index contributed by atoms with van der Waals surface area (Å²) in [6.07, 6.45) is 1.16. The maximum absolute atomic E-state index is 12.2. The Morgan fingerprint density at radius 1 is 1.75 bits per heavy atom. The van der Waals surface area contributed by atoms with E-state index in [9.17, 15) is 9.18 Å². The molecule has 0 aromatic carbocycles. The number of hydrogen-bond acceptors (Lipinski definition) is 4. The minimum Gasteiger partial charge on any atom is -0.249 e. The van der Waals surface area contributed by atoms with Crippen molar-refractivity contribution in [1.29, 1.82) is 5.26 Å². The number of halogens is 1. The molecule has 0 rings (SSSR count). The van der Waals surface area contributed by atoms with Crippen LogP contribution in [0.25, 0.3) is 0 Å². The molecular weight excluding hydrogens is 199 g/mol. The highest BCUT2D eigenvalue weighted by Gasteiger charge is 2.11. The molecule has 0 aliphatic heterocycles. The summed E-state index contributed by atoms with van der Waals surface area (Å²) in [5, 5.41) is 8.19. The number of rotatable bonds is 5. The van der Waals surface area contributed by atoms with Crippen LogP contribution >= 0.6 is 21.8 Å². The van der Waals surface area contributed by atoms with E-state index >= 15 is 0 Å². The first-order valence-corrected chi connectivity index (χ1v) is 5.78. The SMILES string of the molecule is CSSN(CCCC#N)C(=O)F. The summed E-state index contributed by atoms with van der Waals surface area (Å²) >= 11 is 0. The van der Waals surface area contributed by atoms with E-state index in [1.807, 2.05) is 6.07 Å². The fourth-order valence-corrected chi connectivity index (χ4v) is 1.93. The number of carbonyl (C=O) groups excluding carboxylic acids is 1. The summed E-state index contributed by atoms with van der Waals surface area (Å²) in [5.41, 5.74) is 0. The number of hydrogen-bond donors (Lipinski definition) is 0. The molecule has 0 aliphatic rings. The van der Waals surface area contributed by atoms with E-state index in [0.717, 1.165) is 15.3 Å². The summed E-state index contributed by atoms with van der Waals surface area (Å²) in [6.45, 7) is 0.286. The predicted molar refractivity (Wildman–Crippen MR) is 49.2 cm³/mol. The standard InChI is InChI=1S/C6H9FN2OS2/c1-11-12-9(6(7)10)5-3-2-4-8/h2-3,5H2,1H3. The van der Waals surface area contributed by atoms with Gasteiger partial charge in [-0.1, -0.05) is 10.8 Å². The Labute approximate surface area is 78.8 Å². The van der Waals surface area contributed by atoms with Gasteiger partial charge >= 0.3 is 6.16 Å². The highest BCUT2D eigenvalue weighted by Crippen LogP contribution is 2.23. The molecule has 0 saturated carbocycles. The smallest absolute Gasteiger partial charge is 0.249 e. The lowest BCUT2D eigenvalue weighted by Crippen LogP contribution is -2.18. The lowest BCUT2D eigenvalue weighted by atomic mass is 10.3. The fourth-order valence-electron chi connectivity index (χ4n) is 0.546. The molecule has 68 valence electrons. The van der Waals surface area contributed by atoms with Crippen LogP contribution in [0.15, 0.2) is 0 Å². The second kappa shape index (κ2) is 7.25. The first-order valence-electron chi connectivity index (χ1n) is 3.27. The molecule has 0 unspecified atom stereocenters. The van der Waals surface area contributed by atoms with Gasteiger partial charge in [-0.2, -0.15) is 5.26 Å². The van der Waals surface area contributed by atoms with Crippen molar-refractivity contribution >= 4 is 27.9 Å². The zero-order valence-electron chi connectivity index (χ0n) is 6.62. The van der Waals surface area contributed by atoms with Gasteiger partial charge < -0.3 is 0 Å². The van der Waals surface area contributed by atoms with Crippen molar-refractivity contribution in [1.82, 2.24) is 4.31 Å². The number of unbranched alkanes of at least 4 members (excludes halogenated alkanes) is 1. The molecule has 0 aromatic heterocycles. The highest BCUT2D eigenvalue weighted by molar-refractivity contribution is 8.75. The third kappa shape index (κ3) is 5.27. The minimum absolute atomic E-state index is 0.286. The van der Waals surface area contributed by atoms with E-state index in [4.69, 9.17) is 5.26 Å². The third-order valence-electron chi connectivity index (χ3n) is 1.01. The Morgan fingerprint density at radius 2 is 2.42 bits per heavy atom. The van der Waals surface area contributed by atoms with Crippen LogP contribution < -0.4 is 0 Å². The van der Waals surface area contributed by atoms with Crippen molar-refractivity contribution in [3.05, 3.63) is 0 Å². The summed E-state index contributed by atoms with van der Waals surface area (Å²) < 4.78 is 13.2. The number of nitrogens with zero attached hydrogens (tertiary/aromatic N) is 2. The van der Waals surface area contributed by atoms with Gasteiger partial charge in [0.1, 0.15) is 0 Å². The van der Waals surface area contributed by atoms with Crippen LogP contribution in [0.2, 0.25) is 0 Å². The molecule has 1 amide bonds. The fraction of sp³-hybridized carbons (Fsp3) is 0.667. The maximum atomic E-state index is 12.2. The molecule has 12 heavy (non-hydrogen) atoms. The van der Waals surface area contributed by atoms with Crippen LogP contribution in [0.4, 0.5) is 9.18 Å². The molecule has 0 spiro atoms. The Morgan fingerprint density at radius 3 is 2.83 bits per heavy atom. The molecule has 0 atom stereocenters. The van der Waals surface area contributed by atoms with Crippen molar-refractivity contribution in [2.75, 3.05) is 12.8 Å². The molecule has 0 N–H and O–H groups in total. The van der Waals surface area contributed by atoms with Crippen LogP contribution in [-0.4, -0.2) is 23.3 Å².